The quantitative estimate of drug-likeness (QED) is 0.830. The molecule has 0 unspecified atom stereocenters. The minimum Gasteiger partial charge on any atom is -0.442 e. The van der Waals surface area contributed by atoms with Gasteiger partial charge in [-0.2, -0.15) is 0 Å². The molecule has 1 amide bonds. The molecule has 3 heterocycles. The molecule has 1 aromatic carbocycles. The van der Waals surface area contributed by atoms with E-state index < -0.39 is 6.09 Å². The van der Waals surface area contributed by atoms with Gasteiger partial charge in [0.25, 0.3) is 0 Å². The number of carbonyl (C=O) groups is 1. The second-order valence-electron chi connectivity index (χ2n) is 5.98. The van der Waals surface area contributed by atoms with Crippen molar-refractivity contribution in [3.8, 4) is 0 Å². The Labute approximate surface area is 143 Å². The highest BCUT2D eigenvalue weighted by atomic mass is 19.1. The van der Waals surface area contributed by atoms with Gasteiger partial charge < -0.3 is 14.4 Å². The van der Waals surface area contributed by atoms with Gasteiger partial charge in [0.05, 0.1) is 43.9 Å². The summed E-state index contributed by atoms with van der Waals surface area (Å²) in [6.07, 6.45) is 2.43. The fourth-order valence-corrected chi connectivity index (χ4v) is 3.09. The van der Waals surface area contributed by atoms with E-state index in [0.717, 1.165) is 0 Å². The maximum atomic E-state index is 14.5. The molecule has 0 spiro atoms. The summed E-state index contributed by atoms with van der Waals surface area (Å²) in [5.74, 6) is -0.355. The van der Waals surface area contributed by atoms with Crippen LogP contribution in [-0.4, -0.2) is 60.0 Å². The number of morpholine rings is 1. The van der Waals surface area contributed by atoms with Crippen LogP contribution in [0, 0.1) is 5.82 Å². The first-order valence-corrected chi connectivity index (χ1v) is 8.15. The molecule has 0 radical (unpaired) electrons. The van der Waals surface area contributed by atoms with E-state index in [1.54, 1.807) is 29.2 Å². The van der Waals surface area contributed by atoms with Crippen LogP contribution in [0.15, 0.2) is 30.6 Å². The molecule has 9 heteroatoms. The van der Waals surface area contributed by atoms with E-state index in [4.69, 9.17) is 9.47 Å². The van der Waals surface area contributed by atoms with Gasteiger partial charge in [0.15, 0.2) is 0 Å². The number of carbonyl (C=O) groups excluding carboxylic acids is 1. The number of anilines is 2. The summed E-state index contributed by atoms with van der Waals surface area (Å²) in [4.78, 5) is 15.5. The van der Waals surface area contributed by atoms with E-state index in [1.165, 1.54) is 11.0 Å². The smallest absolute Gasteiger partial charge is 0.414 e. The number of hydrogen-bond donors (Lipinski definition) is 0. The van der Waals surface area contributed by atoms with Crippen LogP contribution in [0.5, 0.6) is 0 Å². The summed E-state index contributed by atoms with van der Waals surface area (Å²) >= 11 is 0. The van der Waals surface area contributed by atoms with Crippen LogP contribution in [0.3, 0.4) is 0 Å². The van der Waals surface area contributed by atoms with Gasteiger partial charge in [0.1, 0.15) is 11.9 Å². The second-order valence-corrected chi connectivity index (χ2v) is 5.98. The molecule has 2 fully saturated rings. The minimum atomic E-state index is -0.483. The maximum absolute atomic E-state index is 14.5. The van der Waals surface area contributed by atoms with Crippen molar-refractivity contribution >= 4 is 17.5 Å². The molecule has 1 aromatic heterocycles. The van der Waals surface area contributed by atoms with Crippen molar-refractivity contribution in [3.63, 3.8) is 0 Å². The number of hydrogen-bond acceptors (Lipinski definition) is 6. The van der Waals surface area contributed by atoms with E-state index in [2.05, 4.69) is 10.3 Å². The van der Waals surface area contributed by atoms with Crippen molar-refractivity contribution in [2.24, 2.45) is 0 Å². The van der Waals surface area contributed by atoms with Gasteiger partial charge in [-0.25, -0.2) is 13.9 Å². The van der Waals surface area contributed by atoms with Crippen LogP contribution in [0.4, 0.5) is 20.6 Å². The average molecular weight is 347 g/mol. The van der Waals surface area contributed by atoms with E-state index in [0.29, 0.717) is 50.8 Å². The number of halogens is 1. The molecule has 0 N–H and O–H groups in total. The zero-order valence-electron chi connectivity index (χ0n) is 13.5. The third-order valence-corrected chi connectivity index (χ3v) is 4.33. The van der Waals surface area contributed by atoms with E-state index in [9.17, 15) is 9.18 Å². The number of rotatable bonds is 4. The molecule has 2 saturated heterocycles. The third kappa shape index (κ3) is 3.27. The topological polar surface area (TPSA) is 72.7 Å². The van der Waals surface area contributed by atoms with Crippen LogP contribution in [0.1, 0.15) is 0 Å². The van der Waals surface area contributed by atoms with E-state index in [1.807, 2.05) is 4.90 Å². The molecule has 8 nitrogen and oxygen atoms in total. The highest BCUT2D eigenvalue weighted by Crippen LogP contribution is 2.28. The summed E-state index contributed by atoms with van der Waals surface area (Å²) in [6.45, 7) is 3.24. The Morgan fingerprint density at radius 2 is 2.12 bits per heavy atom. The fourth-order valence-electron chi connectivity index (χ4n) is 3.09. The summed E-state index contributed by atoms with van der Waals surface area (Å²) in [5, 5.41) is 7.58. The molecule has 2 aliphatic rings. The summed E-state index contributed by atoms with van der Waals surface area (Å²) in [6, 6.07) is 4.82. The molecule has 2 aromatic rings. The Morgan fingerprint density at radius 1 is 1.28 bits per heavy atom. The SMILES string of the molecule is O=C1O[C@H](Cn2ccnn2)CN1c1ccc(N2CCOCC2)c(F)c1. The predicted octanol–water partition coefficient (Wildman–Crippen LogP) is 1.28. The number of ether oxygens (including phenoxy) is 2. The molecular formula is C16H18FN5O3. The van der Waals surface area contributed by atoms with Gasteiger partial charge in [-0.1, -0.05) is 5.21 Å². The zero-order chi connectivity index (χ0) is 17.2. The van der Waals surface area contributed by atoms with E-state index >= 15 is 0 Å². The van der Waals surface area contributed by atoms with Crippen molar-refractivity contribution in [3.05, 3.63) is 36.4 Å². The minimum absolute atomic E-state index is 0.342. The van der Waals surface area contributed by atoms with Crippen molar-refractivity contribution in [2.75, 3.05) is 42.6 Å². The first kappa shape index (κ1) is 15.8. The molecule has 132 valence electrons. The normalized spacial score (nSPS) is 20.8. The van der Waals surface area contributed by atoms with Crippen molar-refractivity contribution in [1.82, 2.24) is 15.0 Å². The highest BCUT2D eigenvalue weighted by Gasteiger charge is 2.33. The van der Waals surface area contributed by atoms with Gasteiger partial charge in [0.2, 0.25) is 0 Å². The van der Waals surface area contributed by atoms with Crippen LogP contribution in [-0.2, 0) is 16.0 Å². The first-order chi connectivity index (χ1) is 12.2. The number of benzene rings is 1. The van der Waals surface area contributed by atoms with Crippen molar-refractivity contribution < 1.29 is 18.7 Å². The lowest BCUT2D eigenvalue weighted by Gasteiger charge is -2.29. The standard InChI is InChI=1S/C16H18FN5O3/c17-14-9-12(1-2-15(14)20-5-7-24-8-6-20)22-11-13(25-16(22)23)10-21-4-3-18-19-21/h1-4,9,13H,5-8,10-11H2/t13-/m1/s1. The molecule has 0 saturated carbocycles. The average Bonchev–Trinajstić information content (AvgIpc) is 3.25. The fraction of sp³-hybridized carbons (Fsp3) is 0.438. The summed E-state index contributed by atoms with van der Waals surface area (Å²) < 4.78 is 26.8. The molecule has 1 atom stereocenters. The van der Waals surface area contributed by atoms with Gasteiger partial charge in [-0.15, -0.1) is 5.10 Å². The second kappa shape index (κ2) is 6.67. The predicted molar refractivity (Wildman–Crippen MR) is 87.1 cm³/mol. The number of cyclic esters (lactones) is 1. The Hall–Kier alpha value is -2.68. The zero-order valence-corrected chi connectivity index (χ0v) is 13.5. The first-order valence-electron chi connectivity index (χ1n) is 8.15. The summed E-state index contributed by atoms with van der Waals surface area (Å²) in [5.41, 5.74) is 1.01. The number of amides is 1. The van der Waals surface area contributed by atoms with Gasteiger partial charge >= 0.3 is 6.09 Å². The van der Waals surface area contributed by atoms with Gasteiger partial charge in [0, 0.05) is 19.3 Å². The van der Waals surface area contributed by atoms with Crippen LogP contribution >= 0.6 is 0 Å². The third-order valence-electron chi connectivity index (χ3n) is 4.33. The van der Waals surface area contributed by atoms with E-state index in [-0.39, 0.29) is 11.9 Å². The molecule has 2 aliphatic heterocycles. The molecule has 4 rings (SSSR count). The van der Waals surface area contributed by atoms with Gasteiger partial charge in [-0.3, -0.25) is 4.90 Å². The molecule has 0 aliphatic carbocycles. The number of nitrogens with zero attached hydrogens (tertiary/aromatic N) is 5. The Morgan fingerprint density at radius 3 is 2.84 bits per heavy atom. The molecule has 0 bridgehead atoms. The van der Waals surface area contributed by atoms with Crippen molar-refractivity contribution in [2.45, 2.75) is 12.6 Å². The molecular weight excluding hydrogens is 329 g/mol. The Balaban J connectivity index is 1.47. The Bertz CT molecular complexity index is 748. The van der Waals surface area contributed by atoms with Crippen molar-refractivity contribution in [1.29, 1.82) is 0 Å². The lowest BCUT2D eigenvalue weighted by molar-refractivity contribution is 0.122. The summed E-state index contributed by atoms with van der Waals surface area (Å²) in [7, 11) is 0. The van der Waals surface area contributed by atoms with Gasteiger partial charge in [-0.05, 0) is 18.2 Å². The molecule has 25 heavy (non-hydrogen) atoms. The van der Waals surface area contributed by atoms with Crippen LogP contribution in [0.25, 0.3) is 0 Å². The Kier molecular flexibility index (Phi) is 4.22. The monoisotopic (exact) mass is 347 g/mol. The van der Waals surface area contributed by atoms with Crippen LogP contribution < -0.4 is 9.80 Å². The highest BCUT2D eigenvalue weighted by molar-refractivity contribution is 5.90. The van der Waals surface area contributed by atoms with Crippen LogP contribution in [0.2, 0.25) is 0 Å². The largest absolute Gasteiger partial charge is 0.442 e. The lowest BCUT2D eigenvalue weighted by Crippen LogP contribution is -2.36. The number of aromatic nitrogens is 3. The maximum Gasteiger partial charge on any atom is 0.414 e. The lowest BCUT2D eigenvalue weighted by atomic mass is 10.2.